The summed E-state index contributed by atoms with van der Waals surface area (Å²) in [5.74, 6) is 0.991. The van der Waals surface area contributed by atoms with Gasteiger partial charge in [0, 0.05) is 22.5 Å². The van der Waals surface area contributed by atoms with Crippen LogP contribution in [0.15, 0.2) is 22.7 Å². The number of benzene rings is 1. The van der Waals surface area contributed by atoms with Crippen LogP contribution < -0.4 is 10.5 Å². The molecule has 2 N–H and O–H groups in total. The van der Waals surface area contributed by atoms with Crippen molar-refractivity contribution in [3.8, 4) is 5.75 Å². The van der Waals surface area contributed by atoms with Crippen molar-refractivity contribution in [2.24, 2.45) is 5.73 Å². The summed E-state index contributed by atoms with van der Waals surface area (Å²) in [4.78, 5) is 0. The van der Waals surface area contributed by atoms with Crippen molar-refractivity contribution in [2.75, 3.05) is 0 Å². The number of ether oxygens (including phenoxy) is 1. The van der Waals surface area contributed by atoms with Gasteiger partial charge in [-0.25, -0.2) is 0 Å². The van der Waals surface area contributed by atoms with Crippen molar-refractivity contribution in [1.82, 2.24) is 0 Å². The van der Waals surface area contributed by atoms with Gasteiger partial charge in [-0.15, -0.1) is 0 Å². The van der Waals surface area contributed by atoms with Crippen LogP contribution in [0.1, 0.15) is 56.6 Å². The maximum Gasteiger partial charge on any atom is 0.126 e. The van der Waals surface area contributed by atoms with Crippen molar-refractivity contribution < 1.29 is 4.74 Å². The number of hydrogen-bond donors (Lipinski definition) is 1. The van der Waals surface area contributed by atoms with Gasteiger partial charge in [0.25, 0.3) is 0 Å². The molecule has 0 saturated heterocycles. The van der Waals surface area contributed by atoms with E-state index in [2.05, 4.69) is 28.1 Å². The van der Waals surface area contributed by atoms with E-state index in [0.29, 0.717) is 0 Å². The summed E-state index contributed by atoms with van der Waals surface area (Å²) in [6.45, 7) is 0. The lowest BCUT2D eigenvalue weighted by molar-refractivity contribution is 0.0213. The SMILES string of the molecule is N[C@H]1CC2(CCCCCC2)Oc2cc(Br)ccc21. The van der Waals surface area contributed by atoms with Gasteiger partial charge in [-0.2, -0.15) is 0 Å². The Bertz CT molecular complexity index is 438. The van der Waals surface area contributed by atoms with E-state index in [1.54, 1.807) is 0 Å². The highest BCUT2D eigenvalue weighted by molar-refractivity contribution is 9.10. The molecule has 1 aliphatic heterocycles. The Hall–Kier alpha value is -0.540. The van der Waals surface area contributed by atoms with Gasteiger partial charge in [0.1, 0.15) is 11.4 Å². The molecule has 0 amide bonds. The summed E-state index contributed by atoms with van der Waals surface area (Å²) in [6, 6.07) is 6.34. The summed E-state index contributed by atoms with van der Waals surface area (Å²) in [5, 5.41) is 0. The monoisotopic (exact) mass is 309 g/mol. The minimum atomic E-state index is 0.00368. The Kier molecular flexibility index (Phi) is 3.37. The lowest BCUT2D eigenvalue weighted by Crippen LogP contribution is -2.42. The maximum absolute atomic E-state index is 6.38. The van der Waals surface area contributed by atoms with Crippen LogP contribution in [0.5, 0.6) is 5.75 Å². The lowest BCUT2D eigenvalue weighted by atomic mass is 9.82. The molecule has 2 aliphatic rings. The zero-order chi connectivity index (χ0) is 12.6. The summed E-state index contributed by atoms with van der Waals surface area (Å²) < 4.78 is 7.45. The molecular weight excluding hydrogens is 290 g/mol. The minimum absolute atomic E-state index is 0.00368. The van der Waals surface area contributed by atoms with Gasteiger partial charge in [-0.3, -0.25) is 0 Å². The molecule has 0 aromatic heterocycles. The zero-order valence-electron chi connectivity index (χ0n) is 10.6. The summed E-state index contributed by atoms with van der Waals surface area (Å²) in [6.07, 6.45) is 8.52. The molecule has 1 spiro atoms. The topological polar surface area (TPSA) is 35.2 Å². The first-order chi connectivity index (χ1) is 8.69. The molecule has 1 aromatic carbocycles. The molecule has 1 atom stereocenters. The maximum atomic E-state index is 6.38. The van der Waals surface area contributed by atoms with Crippen LogP contribution in [-0.4, -0.2) is 5.60 Å². The Morgan fingerprint density at radius 1 is 1.17 bits per heavy atom. The van der Waals surface area contributed by atoms with E-state index in [0.717, 1.165) is 35.0 Å². The molecule has 0 unspecified atom stereocenters. The van der Waals surface area contributed by atoms with Gasteiger partial charge >= 0.3 is 0 Å². The second kappa shape index (κ2) is 4.86. The van der Waals surface area contributed by atoms with Gasteiger partial charge in [0.05, 0.1) is 0 Å². The lowest BCUT2D eigenvalue weighted by Gasteiger charge is -2.41. The smallest absolute Gasteiger partial charge is 0.126 e. The highest BCUT2D eigenvalue weighted by Gasteiger charge is 2.39. The van der Waals surface area contributed by atoms with Crippen molar-refractivity contribution in [2.45, 2.75) is 56.6 Å². The highest BCUT2D eigenvalue weighted by Crippen LogP contribution is 2.45. The Morgan fingerprint density at radius 3 is 2.61 bits per heavy atom. The summed E-state index contributed by atoms with van der Waals surface area (Å²) in [7, 11) is 0. The van der Waals surface area contributed by atoms with E-state index in [1.165, 1.54) is 25.7 Å². The third kappa shape index (κ3) is 2.30. The molecule has 1 fully saturated rings. The number of nitrogens with two attached hydrogens (primary N) is 1. The molecule has 0 bridgehead atoms. The summed E-state index contributed by atoms with van der Waals surface area (Å²) in [5.41, 5.74) is 7.52. The van der Waals surface area contributed by atoms with E-state index < -0.39 is 0 Å². The molecule has 18 heavy (non-hydrogen) atoms. The highest BCUT2D eigenvalue weighted by atomic mass is 79.9. The van der Waals surface area contributed by atoms with Crippen LogP contribution >= 0.6 is 15.9 Å². The average molecular weight is 310 g/mol. The van der Waals surface area contributed by atoms with Crippen molar-refractivity contribution >= 4 is 15.9 Å². The van der Waals surface area contributed by atoms with Crippen LogP contribution in [0.25, 0.3) is 0 Å². The van der Waals surface area contributed by atoms with E-state index in [-0.39, 0.29) is 11.6 Å². The van der Waals surface area contributed by atoms with E-state index in [4.69, 9.17) is 10.5 Å². The average Bonchev–Trinajstić information content (AvgIpc) is 2.54. The molecule has 98 valence electrons. The quantitative estimate of drug-likeness (QED) is 0.774. The van der Waals surface area contributed by atoms with E-state index in [9.17, 15) is 0 Å². The normalized spacial score (nSPS) is 26.2. The fraction of sp³-hybridized carbons (Fsp3) is 0.600. The molecule has 2 nitrogen and oxygen atoms in total. The standard InChI is InChI=1S/C15H20BrNO/c16-11-5-6-12-13(17)10-15(18-14(12)9-11)7-3-1-2-4-8-15/h5-6,9,13H,1-4,7-8,10,17H2/t13-/m0/s1. The third-order valence-electron chi connectivity index (χ3n) is 4.31. The fourth-order valence-electron chi connectivity index (χ4n) is 3.37. The molecule has 0 radical (unpaired) electrons. The molecule has 3 rings (SSSR count). The largest absolute Gasteiger partial charge is 0.487 e. The van der Waals surface area contributed by atoms with Crippen LogP contribution in [-0.2, 0) is 0 Å². The predicted octanol–water partition coefficient (Wildman–Crippen LogP) is 4.32. The van der Waals surface area contributed by atoms with Crippen molar-refractivity contribution in [3.05, 3.63) is 28.2 Å². The van der Waals surface area contributed by atoms with Gasteiger partial charge < -0.3 is 10.5 Å². The third-order valence-corrected chi connectivity index (χ3v) is 4.80. The molecule has 1 saturated carbocycles. The van der Waals surface area contributed by atoms with Gasteiger partial charge in [0.15, 0.2) is 0 Å². The number of fused-ring (bicyclic) bond motifs is 1. The second-order valence-electron chi connectivity index (χ2n) is 5.69. The van der Waals surface area contributed by atoms with E-state index in [1.807, 2.05) is 6.07 Å². The number of halogens is 1. The number of hydrogen-bond acceptors (Lipinski definition) is 2. The first-order valence-electron chi connectivity index (χ1n) is 6.93. The molecular formula is C15H20BrNO. The van der Waals surface area contributed by atoms with Crippen LogP contribution in [0.3, 0.4) is 0 Å². The van der Waals surface area contributed by atoms with Crippen molar-refractivity contribution in [1.29, 1.82) is 0 Å². The van der Waals surface area contributed by atoms with E-state index >= 15 is 0 Å². The van der Waals surface area contributed by atoms with Crippen molar-refractivity contribution in [3.63, 3.8) is 0 Å². The summed E-state index contributed by atoms with van der Waals surface area (Å²) >= 11 is 3.52. The van der Waals surface area contributed by atoms with Gasteiger partial charge in [0.2, 0.25) is 0 Å². The van der Waals surface area contributed by atoms with Crippen LogP contribution in [0.4, 0.5) is 0 Å². The zero-order valence-corrected chi connectivity index (χ0v) is 12.2. The minimum Gasteiger partial charge on any atom is -0.487 e. The second-order valence-corrected chi connectivity index (χ2v) is 6.61. The van der Waals surface area contributed by atoms with Gasteiger partial charge in [-0.1, -0.05) is 34.8 Å². The predicted molar refractivity (Wildman–Crippen MR) is 76.7 cm³/mol. The fourth-order valence-corrected chi connectivity index (χ4v) is 3.71. The van der Waals surface area contributed by atoms with Crippen LogP contribution in [0, 0.1) is 0 Å². The molecule has 1 aromatic rings. The van der Waals surface area contributed by atoms with Crippen LogP contribution in [0.2, 0.25) is 0 Å². The molecule has 1 heterocycles. The first-order valence-corrected chi connectivity index (χ1v) is 7.72. The molecule has 3 heteroatoms. The Morgan fingerprint density at radius 2 is 1.89 bits per heavy atom. The number of rotatable bonds is 0. The Balaban J connectivity index is 1.93. The van der Waals surface area contributed by atoms with Gasteiger partial charge in [-0.05, 0) is 37.8 Å². The first kappa shape index (κ1) is 12.5. The Labute approximate surface area is 117 Å². The molecule has 1 aliphatic carbocycles.